The Labute approximate surface area is 97.7 Å². The van der Waals surface area contributed by atoms with Gasteiger partial charge >= 0.3 is 0 Å². The van der Waals surface area contributed by atoms with Crippen molar-refractivity contribution in [2.45, 2.75) is 33.1 Å². The fourth-order valence-electron chi connectivity index (χ4n) is 1.16. The second kappa shape index (κ2) is 5.25. The summed E-state index contributed by atoms with van der Waals surface area (Å²) in [6.45, 7) is 10.0. The van der Waals surface area contributed by atoms with Gasteiger partial charge in [-0.15, -0.1) is 0 Å². The molecule has 4 nitrogen and oxygen atoms in total. The van der Waals surface area contributed by atoms with Gasteiger partial charge in [0, 0.05) is 18.9 Å². The minimum atomic E-state index is 0.100. The van der Waals surface area contributed by atoms with E-state index in [4.69, 9.17) is 5.73 Å². The number of nitrogens with one attached hydrogen (secondary N) is 1. The molecule has 1 atom stereocenters. The first kappa shape index (κ1) is 12.9. The maximum absolute atomic E-state index is 5.54. The normalized spacial score (nSPS) is 13.6. The average Bonchev–Trinajstić information content (AvgIpc) is 2.25. The molecule has 16 heavy (non-hydrogen) atoms. The molecule has 0 bridgehead atoms. The Bertz CT molecular complexity index is 313. The van der Waals surface area contributed by atoms with E-state index < -0.39 is 0 Å². The Morgan fingerprint density at radius 3 is 2.31 bits per heavy atom. The molecule has 1 rings (SSSR count). The number of rotatable bonds is 4. The van der Waals surface area contributed by atoms with Crippen molar-refractivity contribution in [2.24, 2.45) is 11.7 Å². The standard InChI is InChI=1S/C12H22N4/c1-9(5-13)6-14-11-15-7-10(8-16-11)12(2,3)4/h7-9H,5-6,13H2,1-4H3,(H,14,15,16). The SMILES string of the molecule is CC(CN)CNc1ncc(C(C)(C)C)cn1. The Kier molecular flexibility index (Phi) is 4.24. The van der Waals surface area contributed by atoms with Gasteiger partial charge in [0.1, 0.15) is 0 Å². The van der Waals surface area contributed by atoms with Crippen molar-refractivity contribution < 1.29 is 0 Å². The molecule has 1 aromatic rings. The second-order valence-corrected chi connectivity index (χ2v) is 5.27. The minimum Gasteiger partial charge on any atom is -0.354 e. The van der Waals surface area contributed by atoms with Gasteiger partial charge in [-0.05, 0) is 23.4 Å². The summed E-state index contributed by atoms with van der Waals surface area (Å²) in [4.78, 5) is 8.58. The third kappa shape index (κ3) is 3.77. The van der Waals surface area contributed by atoms with Crippen molar-refractivity contribution >= 4 is 5.95 Å². The van der Waals surface area contributed by atoms with Crippen LogP contribution >= 0.6 is 0 Å². The van der Waals surface area contributed by atoms with Crippen molar-refractivity contribution in [3.8, 4) is 0 Å². The van der Waals surface area contributed by atoms with E-state index in [9.17, 15) is 0 Å². The van der Waals surface area contributed by atoms with Crippen molar-refractivity contribution in [1.82, 2.24) is 9.97 Å². The van der Waals surface area contributed by atoms with Crippen molar-refractivity contribution in [1.29, 1.82) is 0 Å². The highest BCUT2D eigenvalue weighted by atomic mass is 15.1. The molecule has 0 amide bonds. The van der Waals surface area contributed by atoms with E-state index >= 15 is 0 Å². The largest absolute Gasteiger partial charge is 0.354 e. The van der Waals surface area contributed by atoms with Crippen LogP contribution in [0.25, 0.3) is 0 Å². The van der Waals surface area contributed by atoms with Gasteiger partial charge in [0.25, 0.3) is 0 Å². The Balaban J connectivity index is 2.58. The fourth-order valence-corrected chi connectivity index (χ4v) is 1.16. The van der Waals surface area contributed by atoms with Crippen LogP contribution < -0.4 is 11.1 Å². The number of hydrogen-bond donors (Lipinski definition) is 2. The molecule has 1 aromatic heterocycles. The summed E-state index contributed by atoms with van der Waals surface area (Å²) in [5, 5.41) is 3.17. The summed E-state index contributed by atoms with van der Waals surface area (Å²) in [6, 6.07) is 0. The van der Waals surface area contributed by atoms with Gasteiger partial charge in [0.05, 0.1) is 0 Å². The molecule has 0 radical (unpaired) electrons. The van der Waals surface area contributed by atoms with Gasteiger partial charge in [-0.25, -0.2) is 9.97 Å². The highest BCUT2D eigenvalue weighted by molar-refractivity contribution is 5.27. The van der Waals surface area contributed by atoms with Gasteiger partial charge in [0.15, 0.2) is 0 Å². The van der Waals surface area contributed by atoms with E-state index in [1.807, 2.05) is 12.4 Å². The molecule has 0 saturated carbocycles. The van der Waals surface area contributed by atoms with Crippen LogP contribution in [-0.4, -0.2) is 23.1 Å². The molecular weight excluding hydrogens is 200 g/mol. The smallest absolute Gasteiger partial charge is 0.222 e. The molecule has 0 fully saturated rings. The third-order valence-corrected chi connectivity index (χ3v) is 2.53. The molecule has 0 saturated heterocycles. The maximum atomic E-state index is 5.54. The van der Waals surface area contributed by atoms with Crippen LogP contribution in [0.1, 0.15) is 33.3 Å². The van der Waals surface area contributed by atoms with E-state index in [0.717, 1.165) is 12.1 Å². The zero-order chi connectivity index (χ0) is 12.2. The number of hydrogen-bond acceptors (Lipinski definition) is 4. The van der Waals surface area contributed by atoms with Gasteiger partial charge in [-0.2, -0.15) is 0 Å². The monoisotopic (exact) mass is 222 g/mol. The zero-order valence-corrected chi connectivity index (χ0v) is 10.6. The average molecular weight is 222 g/mol. The molecule has 0 spiro atoms. The van der Waals surface area contributed by atoms with Crippen molar-refractivity contribution in [3.05, 3.63) is 18.0 Å². The predicted octanol–water partition coefficient (Wildman–Crippen LogP) is 1.78. The maximum Gasteiger partial charge on any atom is 0.222 e. The summed E-state index contributed by atoms with van der Waals surface area (Å²) in [5.41, 5.74) is 6.78. The Morgan fingerprint density at radius 1 is 1.31 bits per heavy atom. The highest BCUT2D eigenvalue weighted by Crippen LogP contribution is 2.20. The summed E-state index contributed by atoms with van der Waals surface area (Å²) in [5.74, 6) is 1.11. The molecule has 90 valence electrons. The lowest BCUT2D eigenvalue weighted by molar-refractivity contribution is 0.583. The number of nitrogens with zero attached hydrogens (tertiary/aromatic N) is 2. The molecule has 0 aliphatic carbocycles. The number of aromatic nitrogens is 2. The predicted molar refractivity (Wildman–Crippen MR) is 67.4 cm³/mol. The van der Waals surface area contributed by atoms with E-state index in [1.165, 1.54) is 0 Å². The lowest BCUT2D eigenvalue weighted by Crippen LogP contribution is -2.21. The van der Waals surface area contributed by atoms with Gasteiger partial charge in [-0.1, -0.05) is 27.7 Å². The number of anilines is 1. The minimum absolute atomic E-state index is 0.100. The van der Waals surface area contributed by atoms with Crippen LogP contribution in [0.5, 0.6) is 0 Å². The lowest BCUT2D eigenvalue weighted by atomic mass is 9.89. The summed E-state index contributed by atoms with van der Waals surface area (Å²) in [7, 11) is 0. The van der Waals surface area contributed by atoms with E-state index in [2.05, 4.69) is 43.0 Å². The molecule has 1 unspecified atom stereocenters. The van der Waals surface area contributed by atoms with E-state index in [-0.39, 0.29) is 5.41 Å². The Hall–Kier alpha value is -1.16. The van der Waals surface area contributed by atoms with Crippen LogP contribution in [0, 0.1) is 5.92 Å². The first-order valence-corrected chi connectivity index (χ1v) is 5.70. The third-order valence-electron chi connectivity index (χ3n) is 2.53. The number of nitrogens with two attached hydrogens (primary N) is 1. The van der Waals surface area contributed by atoms with Crippen LogP contribution in [0.15, 0.2) is 12.4 Å². The van der Waals surface area contributed by atoms with Gasteiger partial charge in [0.2, 0.25) is 5.95 Å². The molecular formula is C12H22N4. The fraction of sp³-hybridized carbons (Fsp3) is 0.667. The van der Waals surface area contributed by atoms with Crippen molar-refractivity contribution in [2.75, 3.05) is 18.4 Å². The van der Waals surface area contributed by atoms with Gasteiger partial charge in [-0.3, -0.25) is 0 Å². The van der Waals surface area contributed by atoms with Crippen LogP contribution in [0.2, 0.25) is 0 Å². The van der Waals surface area contributed by atoms with Crippen LogP contribution in [-0.2, 0) is 5.41 Å². The highest BCUT2D eigenvalue weighted by Gasteiger charge is 2.14. The Morgan fingerprint density at radius 2 is 1.88 bits per heavy atom. The summed E-state index contributed by atoms with van der Waals surface area (Å²) in [6.07, 6.45) is 3.75. The molecule has 0 aliphatic heterocycles. The topological polar surface area (TPSA) is 63.8 Å². The molecule has 0 aliphatic rings. The van der Waals surface area contributed by atoms with E-state index in [0.29, 0.717) is 18.4 Å². The molecule has 4 heteroatoms. The zero-order valence-electron chi connectivity index (χ0n) is 10.6. The molecule has 3 N–H and O–H groups in total. The van der Waals surface area contributed by atoms with E-state index in [1.54, 1.807) is 0 Å². The van der Waals surface area contributed by atoms with Crippen LogP contribution in [0.3, 0.4) is 0 Å². The first-order valence-electron chi connectivity index (χ1n) is 5.70. The van der Waals surface area contributed by atoms with Gasteiger partial charge < -0.3 is 11.1 Å². The summed E-state index contributed by atoms with van der Waals surface area (Å²) >= 11 is 0. The lowest BCUT2D eigenvalue weighted by Gasteiger charge is -2.18. The van der Waals surface area contributed by atoms with Crippen LogP contribution in [0.4, 0.5) is 5.95 Å². The van der Waals surface area contributed by atoms with Crippen molar-refractivity contribution in [3.63, 3.8) is 0 Å². The molecule has 1 heterocycles. The first-order chi connectivity index (χ1) is 7.43. The summed E-state index contributed by atoms with van der Waals surface area (Å²) < 4.78 is 0. The second-order valence-electron chi connectivity index (χ2n) is 5.27. The quantitative estimate of drug-likeness (QED) is 0.815. The molecule has 0 aromatic carbocycles.